The number of aliphatic hydroxyl groups is 1. The lowest BCUT2D eigenvalue weighted by molar-refractivity contribution is 0.139. The number of benzene rings is 2. The van der Waals surface area contributed by atoms with E-state index in [0.29, 0.717) is 19.4 Å². The highest BCUT2D eigenvalue weighted by Crippen LogP contribution is 2.19. The van der Waals surface area contributed by atoms with E-state index in [2.05, 4.69) is 0 Å². The molecule has 0 spiro atoms. The Morgan fingerprint density at radius 1 is 1.14 bits per heavy atom. The highest BCUT2D eigenvalue weighted by atomic mass is 19.1. The first kappa shape index (κ1) is 15.3. The molecule has 0 aliphatic rings. The van der Waals surface area contributed by atoms with E-state index >= 15 is 0 Å². The summed E-state index contributed by atoms with van der Waals surface area (Å²) in [5.74, 6) is 0.573. The van der Waals surface area contributed by atoms with Gasteiger partial charge >= 0.3 is 0 Å². The first-order chi connectivity index (χ1) is 10.2. The molecule has 4 heteroatoms. The van der Waals surface area contributed by atoms with Gasteiger partial charge in [-0.3, -0.25) is 0 Å². The second-order valence-corrected chi connectivity index (χ2v) is 4.78. The van der Waals surface area contributed by atoms with Gasteiger partial charge in [0.2, 0.25) is 0 Å². The van der Waals surface area contributed by atoms with Crippen LogP contribution in [0.15, 0.2) is 48.5 Å². The quantitative estimate of drug-likeness (QED) is 0.851. The summed E-state index contributed by atoms with van der Waals surface area (Å²) in [4.78, 5) is 0. The molecule has 0 heterocycles. The maximum atomic E-state index is 13.5. The van der Waals surface area contributed by atoms with Crippen molar-refractivity contribution in [2.45, 2.75) is 18.9 Å². The highest BCUT2D eigenvalue weighted by Gasteiger charge is 2.09. The Morgan fingerprint density at radius 2 is 1.90 bits per heavy atom. The second-order valence-electron chi connectivity index (χ2n) is 4.78. The third-order valence-electron chi connectivity index (χ3n) is 3.15. The number of methoxy groups -OCH3 is 1. The molecule has 2 aromatic rings. The van der Waals surface area contributed by atoms with Gasteiger partial charge < -0.3 is 14.6 Å². The zero-order valence-corrected chi connectivity index (χ0v) is 12.0. The van der Waals surface area contributed by atoms with Crippen molar-refractivity contribution in [3.8, 4) is 11.5 Å². The van der Waals surface area contributed by atoms with E-state index in [1.165, 1.54) is 13.2 Å². The van der Waals surface area contributed by atoms with E-state index in [9.17, 15) is 9.50 Å². The molecule has 2 rings (SSSR count). The van der Waals surface area contributed by atoms with Crippen molar-refractivity contribution < 1.29 is 19.0 Å². The van der Waals surface area contributed by atoms with Gasteiger partial charge in [-0.25, -0.2) is 4.39 Å². The lowest BCUT2D eigenvalue weighted by atomic mass is 10.1. The Balaban J connectivity index is 1.79. The summed E-state index contributed by atoms with van der Waals surface area (Å²) in [6.45, 7) is 0.420. The standard InChI is InChI=1S/C17H19FO3/c1-20-17-8-7-13(12-16(17)18)11-14(19)9-10-21-15-5-3-2-4-6-15/h2-8,12,14,19H,9-11H2,1H3. The molecule has 1 unspecified atom stereocenters. The average molecular weight is 290 g/mol. The Bertz CT molecular complexity index is 557. The molecule has 0 radical (unpaired) electrons. The van der Waals surface area contributed by atoms with Crippen molar-refractivity contribution in [1.82, 2.24) is 0 Å². The summed E-state index contributed by atoms with van der Waals surface area (Å²) in [7, 11) is 1.42. The zero-order chi connectivity index (χ0) is 15.1. The predicted octanol–water partition coefficient (Wildman–Crippen LogP) is 3.21. The normalized spacial score (nSPS) is 12.0. The summed E-state index contributed by atoms with van der Waals surface area (Å²) >= 11 is 0. The van der Waals surface area contributed by atoms with Crippen molar-refractivity contribution in [3.05, 3.63) is 59.9 Å². The van der Waals surface area contributed by atoms with Crippen LogP contribution < -0.4 is 9.47 Å². The predicted molar refractivity (Wildman–Crippen MR) is 79.2 cm³/mol. The fraction of sp³-hybridized carbons (Fsp3) is 0.294. The van der Waals surface area contributed by atoms with Crippen LogP contribution in [-0.2, 0) is 6.42 Å². The first-order valence-electron chi connectivity index (χ1n) is 6.87. The van der Waals surface area contributed by atoms with E-state index in [1.807, 2.05) is 30.3 Å². The summed E-state index contributed by atoms with van der Waals surface area (Å²) < 4.78 is 23.9. The Hall–Kier alpha value is -2.07. The van der Waals surface area contributed by atoms with Gasteiger partial charge in [-0.05, 0) is 36.2 Å². The van der Waals surface area contributed by atoms with Crippen LogP contribution in [0.4, 0.5) is 4.39 Å². The minimum atomic E-state index is -0.568. The number of aliphatic hydroxyl groups excluding tert-OH is 1. The largest absolute Gasteiger partial charge is 0.494 e. The summed E-state index contributed by atoms with van der Waals surface area (Å²) in [6, 6.07) is 14.1. The van der Waals surface area contributed by atoms with Crippen LogP contribution in [0.2, 0.25) is 0 Å². The number of hydrogen-bond donors (Lipinski definition) is 1. The lowest BCUT2D eigenvalue weighted by Gasteiger charge is -2.12. The van der Waals surface area contributed by atoms with Gasteiger partial charge in [0.05, 0.1) is 19.8 Å². The molecule has 21 heavy (non-hydrogen) atoms. The van der Waals surface area contributed by atoms with E-state index in [-0.39, 0.29) is 5.75 Å². The molecule has 3 nitrogen and oxygen atoms in total. The molecular weight excluding hydrogens is 271 g/mol. The van der Waals surface area contributed by atoms with Crippen molar-refractivity contribution >= 4 is 0 Å². The maximum absolute atomic E-state index is 13.5. The number of hydrogen-bond acceptors (Lipinski definition) is 3. The van der Waals surface area contributed by atoms with Crippen LogP contribution >= 0.6 is 0 Å². The third kappa shape index (κ3) is 4.76. The fourth-order valence-corrected chi connectivity index (χ4v) is 2.04. The molecule has 0 amide bonds. The third-order valence-corrected chi connectivity index (χ3v) is 3.15. The van der Waals surface area contributed by atoms with Crippen molar-refractivity contribution in [2.24, 2.45) is 0 Å². The van der Waals surface area contributed by atoms with Crippen LogP contribution in [0.5, 0.6) is 11.5 Å². The monoisotopic (exact) mass is 290 g/mol. The fourth-order valence-electron chi connectivity index (χ4n) is 2.04. The van der Waals surface area contributed by atoms with Gasteiger partial charge in [-0.1, -0.05) is 24.3 Å². The summed E-state index contributed by atoms with van der Waals surface area (Å²) in [5.41, 5.74) is 0.737. The molecule has 0 saturated heterocycles. The van der Waals surface area contributed by atoms with Gasteiger partial charge in [0.25, 0.3) is 0 Å². The molecule has 112 valence electrons. The van der Waals surface area contributed by atoms with Crippen molar-refractivity contribution in [1.29, 1.82) is 0 Å². The minimum absolute atomic E-state index is 0.209. The van der Waals surface area contributed by atoms with Gasteiger partial charge in [-0.15, -0.1) is 0 Å². The van der Waals surface area contributed by atoms with E-state index in [4.69, 9.17) is 9.47 Å². The molecule has 0 saturated carbocycles. The summed E-state index contributed by atoms with van der Waals surface area (Å²) in [5, 5.41) is 9.96. The van der Waals surface area contributed by atoms with Crippen LogP contribution in [-0.4, -0.2) is 24.9 Å². The second kappa shape index (κ2) is 7.64. The molecule has 0 aromatic heterocycles. The average Bonchev–Trinajstić information content (AvgIpc) is 2.48. The topological polar surface area (TPSA) is 38.7 Å². The van der Waals surface area contributed by atoms with Crippen molar-refractivity contribution in [3.63, 3.8) is 0 Å². The van der Waals surface area contributed by atoms with Gasteiger partial charge in [-0.2, -0.15) is 0 Å². The smallest absolute Gasteiger partial charge is 0.165 e. The summed E-state index contributed by atoms with van der Waals surface area (Å²) in [6.07, 6.45) is 0.309. The van der Waals surface area contributed by atoms with E-state index in [0.717, 1.165) is 11.3 Å². The van der Waals surface area contributed by atoms with Crippen molar-refractivity contribution in [2.75, 3.05) is 13.7 Å². The molecule has 1 N–H and O–H groups in total. The van der Waals surface area contributed by atoms with E-state index < -0.39 is 11.9 Å². The number of halogens is 1. The molecule has 0 bridgehead atoms. The van der Waals surface area contributed by atoms with Crippen LogP contribution in [0.25, 0.3) is 0 Å². The Labute approximate surface area is 124 Å². The molecule has 0 aliphatic heterocycles. The molecule has 0 aliphatic carbocycles. The number of rotatable bonds is 7. The van der Waals surface area contributed by atoms with Crippen LogP contribution in [0, 0.1) is 5.82 Å². The van der Waals surface area contributed by atoms with Crippen LogP contribution in [0.1, 0.15) is 12.0 Å². The molecule has 2 aromatic carbocycles. The zero-order valence-electron chi connectivity index (χ0n) is 12.0. The minimum Gasteiger partial charge on any atom is -0.494 e. The SMILES string of the molecule is COc1ccc(CC(O)CCOc2ccccc2)cc1F. The van der Waals surface area contributed by atoms with Gasteiger partial charge in [0.15, 0.2) is 11.6 Å². The molecule has 1 atom stereocenters. The molecule has 0 fully saturated rings. The lowest BCUT2D eigenvalue weighted by Crippen LogP contribution is -2.15. The van der Waals surface area contributed by atoms with Gasteiger partial charge in [0, 0.05) is 6.42 Å². The highest BCUT2D eigenvalue weighted by molar-refractivity contribution is 5.29. The van der Waals surface area contributed by atoms with Crippen LogP contribution in [0.3, 0.4) is 0 Å². The number of ether oxygens (including phenoxy) is 2. The van der Waals surface area contributed by atoms with E-state index in [1.54, 1.807) is 12.1 Å². The first-order valence-corrected chi connectivity index (χ1v) is 6.87. The van der Waals surface area contributed by atoms with Gasteiger partial charge in [0.1, 0.15) is 5.75 Å². The Morgan fingerprint density at radius 3 is 2.57 bits per heavy atom. The molecular formula is C17H19FO3. The number of para-hydroxylation sites is 1. The Kier molecular flexibility index (Phi) is 5.58. The maximum Gasteiger partial charge on any atom is 0.165 e.